The SMILES string of the molecule is CC(C)n1cc(CNc2ccc3oc(=O)[nH]c3c2)cn1. The minimum atomic E-state index is -0.435. The van der Waals surface area contributed by atoms with E-state index in [9.17, 15) is 4.79 Å². The largest absolute Gasteiger partial charge is 0.417 e. The van der Waals surface area contributed by atoms with Crippen LogP contribution in [-0.2, 0) is 6.54 Å². The zero-order valence-corrected chi connectivity index (χ0v) is 11.4. The molecule has 6 nitrogen and oxygen atoms in total. The van der Waals surface area contributed by atoms with Crippen LogP contribution >= 0.6 is 0 Å². The number of hydrogen-bond acceptors (Lipinski definition) is 4. The molecule has 0 unspecified atom stereocenters. The van der Waals surface area contributed by atoms with Gasteiger partial charge in [0.25, 0.3) is 0 Å². The van der Waals surface area contributed by atoms with Crippen molar-refractivity contribution in [2.45, 2.75) is 26.4 Å². The molecule has 104 valence electrons. The molecule has 3 aromatic rings. The zero-order valence-electron chi connectivity index (χ0n) is 11.4. The van der Waals surface area contributed by atoms with Gasteiger partial charge in [-0.05, 0) is 32.0 Å². The molecule has 0 saturated heterocycles. The average Bonchev–Trinajstić information content (AvgIpc) is 3.00. The Kier molecular flexibility index (Phi) is 3.06. The van der Waals surface area contributed by atoms with Gasteiger partial charge in [0.15, 0.2) is 5.58 Å². The van der Waals surface area contributed by atoms with Gasteiger partial charge in [0.2, 0.25) is 0 Å². The molecule has 0 aliphatic heterocycles. The van der Waals surface area contributed by atoms with Gasteiger partial charge in [0.1, 0.15) is 0 Å². The number of rotatable bonds is 4. The van der Waals surface area contributed by atoms with Gasteiger partial charge in [-0.2, -0.15) is 5.10 Å². The number of nitrogens with one attached hydrogen (secondary N) is 2. The number of oxazole rings is 1. The zero-order chi connectivity index (χ0) is 14.1. The van der Waals surface area contributed by atoms with E-state index in [1.54, 1.807) is 6.07 Å². The Labute approximate surface area is 115 Å². The normalized spacial score (nSPS) is 11.3. The predicted octanol–water partition coefficient (Wildman–Crippen LogP) is 2.51. The first-order valence-electron chi connectivity index (χ1n) is 6.51. The van der Waals surface area contributed by atoms with Crippen molar-refractivity contribution in [3.8, 4) is 0 Å². The van der Waals surface area contributed by atoms with E-state index in [4.69, 9.17) is 4.42 Å². The van der Waals surface area contributed by atoms with Crippen LogP contribution in [0.25, 0.3) is 11.1 Å². The van der Waals surface area contributed by atoms with E-state index in [0.717, 1.165) is 11.3 Å². The van der Waals surface area contributed by atoms with Crippen molar-refractivity contribution in [3.05, 3.63) is 46.7 Å². The number of benzene rings is 1. The van der Waals surface area contributed by atoms with Gasteiger partial charge in [-0.1, -0.05) is 0 Å². The molecular weight excluding hydrogens is 256 g/mol. The van der Waals surface area contributed by atoms with Crippen LogP contribution in [0.3, 0.4) is 0 Å². The van der Waals surface area contributed by atoms with Crippen LogP contribution in [0.2, 0.25) is 0 Å². The second kappa shape index (κ2) is 4.88. The first kappa shape index (κ1) is 12.5. The maximum atomic E-state index is 11.1. The fourth-order valence-corrected chi connectivity index (χ4v) is 2.02. The van der Waals surface area contributed by atoms with Gasteiger partial charge in [0.05, 0.1) is 11.7 Å². The Morgan fingerprint density at radius 3 is 3.05 bits per heavy atom. The highest BCUT2D eigenvalue weighted by Gasteiger charge is 2.04. The van der Waals surface area contributed by atoms with Crippen molar-refractivity contribution in [2.24, 2.45) is 0 Å². The Balaban J connectivity index is 1.73. The highest BCUT2D eigenvalue weighted by Crippen LogP contribution is 2.17. The van der Waals surface area contributed by atoms with Crippen LogP contribution in [-0.4, -0.2) is 14.8 Å². The van der Waals surface area contributed by atoms with Crippen LogP contribution in [0.15, 0.2) is 39.8 Å². The van der Waals surface area contributed by atoms with Crippen molar-refractivity contribution >= 4 is 16.8 Å². The summed E-state index contributed by atoms with van der Waals surface area (Å²) in [5.41, 5.74) is 3.29. The molecule has 2 aromatic heterocycles. The van der Waals surface area contributed by atoms with Gasteiger partial charge in [0, 0.05) is 30.0 Å². The molecular formula is C14H16N4O2. The second-order valence-electron chi connectivity index (χ2n) is 5.00. The number of anilines is 1. The molecule has 3 rings (SSSR count). The number of fused-ring (bicyclic) bond motifs is 1. The summed E-state index contributed by atoms with van der Waals surface area (Å²) in [6.07, 6.45) is 3.88. The van der Waals surface area contributed by atoms with Crippen molar-refractivity contribution in [1.82, 2.24) is 14.8 Å². The fourth-order valence-electron chi connectivity index (χ4n) is 2.02. The second-order valence-corrected chi connectivity index (χ2v) is 5.00. The molecule has 0 saturated carbocycles. The number of aromatic amines is 1. The molecule has 0 amide bonds. The van der Waals surface area contributed by atoms with Crippen molar-refractivity contribution in [2.75, 3.05) is 5.32 Å². The van der Waals surface area contributed by atoms with Gasteiger partial charge in [-0.25, -0.2) is 4.79 Å². The van der Waals surface area contributed by atoms with E-state index in [-0.39, 0.29) is 0 Å². The highest BCUT2D eigenvalue weighted by molar-refractivity contribution is 5.76. The summed E-state index contributed by atoms with van der Waals surface area (Å²) in [6, 6.07) is 5.86. The van der Waals surface area contributed by atoms with E-state index >= 15 is 0 Å². The first-order valence-corrected chi connectivity index (χ1v) is 6.51. The molecule has 6 heteroatoms. The summed E-state index contributed by atoms with van der Waals surface area (Å²) in [6.45, 7) is 4.86. The first-order chi connectivity index (χ1) is 9.61. The summed E-state index contributed by atoms with van der Waals surface area (Å²) < 4.78 is 6.89. The lowest BCUT2D eigenvalue weighted by atomic mass is 10.2. The molecule has 1 aromatic carbocycles. The topological polar surface area (TPSA) is 75.8 Å². The number of hydrogen-bond donors (Lipinski definition) is 2. The summed E-state index contributed by atoms with van der Waals surface area (Å²) in [5, 5.41) is 7.59. The Morgan fingerprint density at radius 1 is 1.45 bits per heavy atom. The van der Waals surface area contributed by atoms with Gasteiger partial charge >= 0.3 is 5.76 Å². The van der Waals surface area contributed by atoms with Crippen LogP contribution in [0.4, 0.5) is 5.69 Å². The fraction of sp³-hybridized carbons (Fsp3) is 0.286. The predicted molar refractivity (Wildman–Crippen MR) is 76.8 cm³/mol. The quantitative estimate of drug-likeness (QED) is 0.765. The minimum absolute atomic E-state index is 0.358. The summed E-state index contributed by atoms with van der Waals surface area (Å²) in [7, 11) is 0. The number of nitrogens with zero attached hydrogens (tertiary/aromatic N) is 2. The Bertz CT molecular complexity index is 782. The molecule has 2 heterocycles. The minimum Gasteiger partial charge on any atom is -0.408 e. The number of H-pyrrole nitrogens is 1. The van der Waals surface area contributed by atoms with E-state index < -0.39 is 5.76 Å². The lowest BCUT2D eigenvalue weighted by molar-refractivity contribution is 0.532. The lowest BCUT2D eigenvalue weighted by Crippen LogP contribution is -2.01. The van der Waals surface area contributed by atoms with E-state index in [1.807, 2.05) is 29.2 Å². The van der Waals surface area contributed by atoms with Gasteiger partial charge in [-0.15, -0.1) is 0 Å². The molecule has 20 heavy (non-hydrogen) atoms. The smallest absolute Gasteiger partial charge is 0.408 e. The van der Waals surface area contributed by atoms with E-state index in [0.29, 0.717) is 23.7 Å². The molecule has 0 radical (unpaired) electrons. The van der Waals surface area contributed by atoms with Crippen molar-refractivity contribution < 1.29 is 4.42 Å². The third kappa shape index (κ3) is 2.45. The van der Waals surface area contributed by atoms with Crippen LogP contribution < -0.4 is 11.1 Å². The third-order valence-corrected chi connectivity index (χ3v) is 3.10. The van der Waals surface area contributed by atoms with Crippen LogP contribution in [0, 0.1) is 0 Å². The van der Waals surface area contributed by atoms with Gasteiger partial charge < -0.3 is 9.73 Å². The maximum absolute atomic E-state index is 11.1. The third-order valence-electron chi connectivity index (χ3n) is 3.10. The lowest BCUT2D eigenvalue weighted by Gasteiger charge is -2.05. The Hall–Kier alpha value is -2.50. The standard InChI is InChI=1S/C14H16N4O2/c1-9(2)18-8-10(7-16-18)6-15-11-3-4-13-12(5-11)17-14(19)20-13/h3-5,7-9,15H,6H2,1-2H3,(H,17,19). The molecule has 0 spiro atoms. The molecule has 0 bridgehead atoms. The molecule has 0 atom stereocenters. The molecule has 0 aliphatic carbocycles. The molecule has 0 aliphatic rings. The van der Waals surface area contributed by atoms with Crippen LogP contribution in [0.1, 0.15) is 25.5 Å². The highest BCUT2D eigenvalue weighted by atomic mass is 16.4. The number of aromatic nitrogens is 3. The van der Waals surface area contributed by atoms with Gasteiger partial charge in [-0.3, -0.25) is 9.67 Å². The summed E-state index contributed by atoms with van der Waals surface area (Å²) in [4.78, 5) is 13.7. The van der Waals surface area contributed by atoms with E-state index in [1.165, 1.54) is 0 Å². The molecule has 0 fully saturated rings. The maximum Gasteiger partial charge on any atom is 0.417 e. The van der Waals surface area contributed by atoms with Crippen LogP contribution in [0.5, 0.6) is 0 Å². The van der Waals surface area contributed by atoms with Crippen molar-refractivity contribution in [3.63, 3.8) is 0 Å². The summed E-state index contributed by atoms with van der Waals surface area (Å²) in [5.74, 6) is -0.435. The van der Waals surface area contributed by atoms with Crippen molar-refractivity contribution in [1.29, 1.82) is 0 Å². The average molecular weight is 272 g/mol. The Morgan fingerprint density at radius 2 is 2.30 bits per heavy atom. The monoisotopic (exact) mass is 272 g/mol. The van der Waals surface area contributed by atoms with E-state index in [2.05, 4.69) is 29.2 Å². The molecule has 2 N–H and O–H groups in total. The summed E-state index contributed by atoms with van der Waals surface area (Å²) >= 11 is 0.